The summed E-state index contributed by atoms with van der Waals surface area (Å²) in [5, 5.41) is 12.4. The number of anilines is 2. The van der Waals surface area contributed by atoms with Crippen molar-refractivity contribution in [3.05, 3.63) is 23.8 Å². The molecule has 0 aromatic heterocycles. The molecule has 0 bridgehead atoms. The molecule has 0 spiro atoms. The number of carbonyl (C=O) groups excluding carboxylic acids is 1. The lowest BCUT2D eigenvalue weighted by Crippen LogP contribution is -2.44. The number of hydrogen-bond donors (Lipinski definition) is 1. The Kier molecular flexibility index (Phi) is 4.77. The van der Waals surface area contributed by atoms with Gasteiger partial charge in [-0.2, -0.15) is 5.26 Å². The van der Waals surface area contributed by atoms with Crippen LogP contribution in [-0.4, -0.2) is 44.0 Å². The van der Waals surface area contributed by atoms with Crippen LogP contribution in [0, 0.1) is 23.7 Å². The monoisotopic (exact) mass is 326 g/mol. The van der Waals surface area contributed by atoms with E-state index < -0.39 is 5.41 Å². The molecule has 0 radical (unpaired) electrons. The van der Waals surface area contributed by atoms with Crippen LogP contribution < -0.4 is 10.2 Å². The maximum Gasteiger partial charge on any atom is 0.244 e. The van der Waals surface area contributed by atoms with Crippen molar-refractivity contribution in [2.75, 3.05) is 43.4 Å². The third-order valence-electron chi connectivity index (χ3n) is 5.40. The van der Waals surface area contributed by atoms with Crippen molar-refractivity contribution >= 4 is 17.3 Å². The minimum Gasteiger partial charge on any atom is -0.369 e. The first-order chi connectivity index (χ1) is 11.5. The molecule has 5 heteroatoms. The Morgan fingerprint density at radius 2 is 1.88 bits per heavy atom. The Hall–Kier alpha value is -2.06. The number of carbonyl (C=O) groups is 1. The number of nitriles is 1. The molecule has 128 valence electrons. The molecule has 1 aliphatic heterocycles. The Balaban J connectivity index is 1.71. The second kappa shape index (κ2) is 6.82. The lowest BCUT2D eigenvalue weighted by molar-refractivity contribution is -0.122. The number of likely N-dealkylation sites (N-methyl/N-ethyl adjacent to an activating group) is 1. The SMILES string of the molecule is Cc1cc(NC(=O)C2(C#N)CCCC2)ccc1N1CCN(C)CC1. The van der Waals surface area contributed by atoms with Crippen LogP contribution in [0.1, 0.15) is 31.2 Å². The van der Waals surface area contributed by atoms with Gasteiger partial charge in [-0.3, -0.25) is 4.79 Å². The molecule has 3 rings (SSSR count). The van der Waals surface area contributed by atoms with E-state index in [4.69, 9.17) is 0 Å². The zero-order valence-electron chi connectivity index (χ0n) is 14.6. The van der Waals surface area contributed by atoms with Crippen LogP contribution >= 0.6 is 0 Å². The number of benzene rings is 1. The Labute approximate surface area is 144 Å². The highest BCUT2D eigenvalue weighted by Gasteiger charge is 2.41. The summed E-state index contributed by atoms with van der Waals surface area (Å²) < 4.78 is 0. The van der Waals surface area contributed by atoms with Crippen LogP contribution in [0.2, 0.25) is 0 Å². The highest BCUT2D eigenvalue weighted by atomic mass is 16.2. The fourth-order valence-corrected chi connectivity index (χ4v) is 3.75. The van der Waals surface area contributed by atoms with E-state index in [0.717, 1.165) is 50.3 Å². The second-order valence-electron chi connectivity index (χ2n) is 7.15. The molecule has 1 saturated carbocycles. The van der Waals surface area contributed by atoms with Gasteiger partial charge in [0.05, 0.1) is 6.07 Å². The van der Waals surface area contributed by atoms with Gasteiger partial charge in [-0.15, -0.1) is 0 Å². The first-order valence-electron chi connectivity index (χ1n) is 8.81. The molecular formula is C19H26N4O. The van der Waals surface area contributed by atoms with E-state index in [-0.39, 0.29) is 5.91 Å². The van der Waals surface area contributed by atoms with Gasteiger partial charge >= 0.3 is 0 Å². The summed E-state index contributed by atoms with van der Waals surface area (Å²) in [4.78, 5) is 17.3. The van der Waals surface area contributed by atoms with Gasteiger partial charge in [0.1, 0.15) is 5.41 Å². The molecule has 1 N–H and O–H groups in total. The summed E-state index contributed by atoms with van der Waals surface area (Å²) in [6, 6.07) is 8.32. The van der Waals surface area contributed by atoms with Gasteiger partial charge in [-0.05, 0) is 50.6 Å². The number of nitrogens with one attached hydrogen (secondary N) is 1. The van der Waals surface area contributed by atoms with Crippen LogP contribution in [0.3, 0.4) is 0 Å². The first-order valence-corrected chi connectivity index (χ1v) is 8.81. The van der Waals surface area contributed by atoms with Gasteiger partial charge in [0.25, 0.3) is 0 Å². The molecule has 1 amide bonds. The molecule has 0 unspecified atom stereocenters. The van der Waals surface area contributed by atoms with Crippen molar-refractivity contribution in [3.63, 3.8) is 0 Å². The van der Waals surface area contributed by atoms with E-state index in [0.29, 0.717) is 12.8 Å². The topological polar surface area (TPSA) is 59.4 Å². The normalized spacial score (nSPS) is 20.6. The van der Waals surface area contributed by atoms with Gasteiger partial charge < -0.3 is 15.1 Å². The van der Waals surface area contributed by atoms with Gasteiger partial charge in [0.15, 0.2) is 0 Å². The summed E-state index contributed by atoms with van der Waals surface area (Å²) in [5.41, 5.74) is 2.35. The maximum atomic E-state index is 12.6. The quantitative estimate of drug-likeness (QED) is 0.928. The van der Waals surface area contributed by atoms with Crippen LogP contribution in [0.25, 0.3) is 0 Å². The van der Waals surface area contributed by atoms with Gasteiger partial charge in [-0.1, -0.05) is 12.8 Å². The number of aryl methyl sites for hydroxylation is 1. The molecule has 1 aromatic rings. The number of nitrogens with zero attached hydrogens (tertiary/aromatic N) is 3. The van der Waals surface area contributed by atoms with Gasteiger partial charge in [-0.25, -0.2) is 0 Å². The summed E-state index contributed by atoms with van der Waals surface area (Å²) in [6.07, 6.45) is 3.27. The maximum absolute atomic E-state index is 12.6. The first kappa shape index (κ1) is 16.8. The summed E-state index contributed by atoms with van der Waals surface area (Å²) >= 11 is 0. The van der Waals surface area contributed by atoms with Crippen molar-refractivity contribution < 1.29 is 4.79 Å². The van der Waals surface area contributed by atoms with E-state index in [1.54, 1.807) is 0 Å². The van der Waals surface area contributed by atoms with Crippen molar-refractivity contribution in [2.24, 2.45) is 5.41 Å². The van der Waals surface area contributed by atoms with Crippen molar-refractivity contribution in [2.45, 2.75) is 32.6 Å². The summed E-state index contributed by atoms with van der Waals surface area (Å²) in [6.45, 7) is 6.28. The minimum absolute atomic E-state index is 0.144. The molecule has 2 aliphatic rings. The third kappa shape index (κ3) is 3.25. The zero-order chi connectivity index (χ0) is 17.2. The standard InChI is InChI=1S/C19H26N4O/c1-15-13-16(21-18(24)19(14-20)7-3-4-8-19)5-6-17(15)23-11-9-22(2)10-12-23/h5-6,13H,3-4,7-12H2,1-2H3,(H,21,24). The molecule has 2 fully saturated rings. The predicted molar refractivity (Wildman–Crippen MR) is 96.0 cm³/mol. The van der Waals surface area contributed by atoms with Crippen molar-refractivity contribution in [3.8, 4) is 6.07 Å². The molecule has 24 heavy (non-hydrogen) atoms. The fraction of sp³-hybridized carbons (Fsp3) is 0.579. The smallest absolute Gasteiger partial charge is 0.244 e. The zero-order valence-corrected chi connectivity index (χ0v) is 14.6. The lowest BCUT2D eigenvalue weighted by Gasteiger charge is -2.35. The lowest BCUT2D eigenvalue weighted by atomic mass is 9.87. The Morgan fingerprint density at radius 1 is 1.21 bits per heavy atom. The number of hydrogen-bond acceptors (Lipinski definition) is 4. The largest absolute Gasteiger partial charge is 0.369 e. The van der Waals surface area contributed by atoms with E-state index in [9.17, 15) is 10.1 Å². The third-order valence-corrected chi connectivity index (χ3v) is 5.40. The Morgan fingerprint density at radius 3 is 2.46 bits per heavy atom. The average molecular weight is 326 g/mol. The predicted octanol–water partition coefficient (Wildman–Crippen LogP) is 2.77. The minimum atomic E-state index is -0.829. The van der Waals surface area contributed by atoms with E-state index in [1.165, 1.54) is 5.69 Å². The van der Waals surface area contributed by atoms with Crippen LogP contribution in [0.4, 0.5) is 11.4 Å². The van der Waals surface area contributed by atoms with Crippen molar-refractivity contribution in [1.82, 2.24) is 4.90 Å². The molecule has 1 heterocycles. The second-order valence-corrected chi connectivity index (χ2v) is 7.15. The number of piperazine rings is 1. The molecule has 0 atom stereocenters. The van der Waals surface area contributed by atoms with E-state index in [1.807, 2.05) is 12.1 Å². The van der Waals surface area contributed by atoms with Crippen LogP contribution in [0.5, 0.6) is 0 Å². The number of rotatable bonds is 3. The van der Waals surface area contributed by atoms with Crippen molar-refractivity contribution in [1.29, 1.82) is 5.26 Å². The van der Waals surface area contributed by atoms with Crippen LogP contribution in [0.15, 0.2) is 18.2 Å². The number of amides is 1. The van der Waals surface area contributed by atoms with E-state index in [2.05, 4.69) is 41.2 Å². The van der Waals surface area contributed by atoms with Crippen LogP contribution in [-0.2, 0) is 4.79 Å². The highest BCUT2D eigenvalue weighted by molar-refractivity contribution is 5.97. The van der Waals surface area contributed by atoms with Gasteiger partial charge in [0, 0.05) is 37.6 Å². The summed E-state index contributed by atoms with van der Waals surface area (Å²) in [7, 11) is 2.15. The molecule has 1 aromatic carbocycles. The molecule has 5 nitrogen and oxygen atoms in total. The van der Waals surface area contributed by atoms with Gasteiger partial charge in [0.2, 0.25) is 5.91 Å². The van der Waals surface area contributed by atoms with E-state index >= 15 is 0 Å². The average Bonchev–Trinajstić information content (AvgIpc) is 3.06. The fourth-order valence-electron chi connectivity index (χ4n) is 3.75. The molecular weight excluding hydrogens is 300 g/mol. The summed E-state index contributed by atoms with van der Waals surface area (Å²) in [5.74, 6) is -0.144. The molecule has 1 saturated heterocycles. The highest BCUT2D eigenvalue weighted by Crippen LogP contribution is 2.38. The Bertz CT molecular complexity index is 650. The molecule has 1 aliphatic carbocycles.